The Hall–Kier alpha value is -4.60. The zero-order chi connectivity index (χ0) is 27.0. The summed E-state index contributed by atoms with van der Waals surface area (Å²) in [5.74, 6) is -1.76. The summed E-state index contributed by atoms with van der Waals surface area (Å²) in [6.45, 7) is 0. The van der Waals surface area contributed by atoms with Crippen LogP contribution in [0.1, 0.15) is 83.5 Å². The normalized spacial score (nSPS) is 23.3. The van der Waals surface area contributed by atoms with Gasteiger partial charge in [-0.3, -0.25) is 19.6 Å². The molecule has 196 valence electrons. The van der Waals surface area contributed by atoms with E-state index in [4.69, 9.17) is 11.5 Å². The van der Waals surface area contributed by atoms with Gasteiger partial charge < -0.3 is 11.5 Å². The van der Waals surface area contributed by atoms with Crippen LogP contribution in [0.15, 0.2) is 73.1 Å². The number of nitrogens with zero attached hydrogens (tertiary/aromatic N) is 6. The van der Waals surface area contributed by atoms with Crippen molar-refractivity contribution >= 4 is 11.8 Å². The number of aromatic nitrogens is 6. The minimum absolute atomic E-state index is 0.295. The Morgan fingerprint density at radius 3 is 1.36 bits per heavy atom. The summed E-state index contributed by atoms with van der Waals surface area (Å²) in [6, 6.07) is 18.3. The second-order valence-corrected chi connectivity index (χ2v) is 10.7. The van der Waals surface area contributed by atoms with Crippen molar-refractivity contribution in [2.45, 2.75) is 49.4 Å². The molecule has 2 aliphatic carbocycles. The van der Waals surface area contributed by atoms with E-state index in [-0.39, 0.29) is 0 Å². The van der Waals surface area contributed by atoms with Crippen molar-refractivity contribution in [2.24, 2.45) is 16.9 Å². The van der Waals surface area contributed by atoms with Crippen LogP contribution >= 0.6 is 0 Å². The van der Waals surface area contributed by atoms with Crippen molar-refractivity contribution in [3.8, 4) is 0 Å². The quantitative estimate of drug-likeness (QED) is 0.358. The molecule has 10 nitrogen and oxygen atoms in total. The molecule has 2 unspecified atom stereocenters. The third-order valence-corrected chi connectivity index (χ3v) is 8.09. The maximum Gasteiger partial charge on any atom is 0.232 e. The summed E-state index contributed by atoms with van der Waals surface area (Å²) in [5, 5.41) is 17.6. The third kappa shape index (κ3) is 4.73. The molecule has 0 aromatic carbocycles. The number of pyridine rings is 2. The van der Waals surface area contributed by atoms with Crippen LogP contribution in [-0.2, 0) is 9.59 Å². The van der Waals surface area contributed by atoms with E-state index in [1.165, 1.54) is 0 Å². The average Bonchev–Trinajstić information content (AvgIpc) is 2.90. The van der Waals surface area contributed by atoms with E-state index >= 15 is 0 Å². The molecule has 4 N–H and O–H groups in total. The highest BCUT2D eigenvalue weighted by atomic mass is 16.1. The van der Waals surface area contributed by atoms with Crippen LogP contribution in [0, 0.1) is 5.41 Å². The van der Waals surface area contributed by atoms with Crippen molar-refractivity contribution in [1.29, 1.82) is 0 Å². The SMILES string of the molecule is NC(=O)C(c1ccccn1)c1ccc(C2CC3(C2)CC(c2ccc(C(C(N)=O)c4ccccn4)nn2)C3)nn1. The minimum Gasteiger partial charge on any atom is -0.369 e. The van der Waals surface area contributed by atoms with Gasteiger partial charge in [-0.05, 0) is 79.6 Å². The number of rotatable bonds is 8. The lowest BCUT2D eigenvalue weighted by molar-refractivity contribution is -0.119. The first-order valence-electron chi connectivity index (χ1n) is 13.0. The fourth-order valence-corrected chi connectivity index (χ4v) is 6.15. The molecule has 2 saturated carbocycles. The summed E-state index contributed by atoms with van der Waals surface area (Å²) in [7, 11) is 0. The monoisotopic (exact) mass is 520 g/mol. The maximum atomic E-state index is 12.1. The Morgan fingerprint density at radius 1 is 0.615 bits per heavy atom. The van der Waals surface area contributed by atoms with Crippen LogP contribution in [-0.4, -0.2) is 42.2 Å². The lowest BCUT2D eigenvalue weighted by atomic mass is 9.47. The fraction of sp³-hybridized carbons (Fsp3) is 0.310. The van der Waals surface area contributed by atoms with Crippen molar-refractivity contribution < 1.29 is 9.59 Å². The largest absolute Gasteiger partial charge is 0.369 e. The molecule has 0 bridgehead atoms. The molecule has 2 aliphatic rings. The second-order valence-electron chi connectivity index (χ2n) is 10.7. The molecule has 6 rings (SSSR count). The summed E-state index contributed by atoms with van der Waals surface area (Å²) >= 11 is 0. The Labute approximate surface area is 225 Å². The number of hydrogen-bond acceptors (Lipinski definition) is 8. The number of carbonyl (C=O) groups is 2. The Morgan fingerprint density at radius 2 is 1.05 bits per heavy atom. The van der Waals surface area contributed by atoms with Crippen LogP contribution in [0.25, 0.3) is 0 Å². The average molecular weight is 521 g/mol. The predicted octanol–water partition coefficient (Wildman–Crippen LogP) is 2.73. The van der Waals surface area contributed by atoms with Gasteiger partial charge in [0, 0.05) is 24.2 Å². The first kappa shape index (κ1) is 24.7. The summed E-state index contributed by atoms with van der Waals surface area (Å²) < 4.78 is 0. The molecule has 0 radical (unpaired) electrons. The van der Waals surface area contributed by atoms with E-state index in [0.717, 1.165) is 37.1 Å². The summed E-state index contributed by atoms with van der Waals surface area (Å²) in [6.07, 6.45) is 7.45. The lowest BCUT2D eigenvalue weighted by Crippen LogP contribution is -2.46. The molecule has 10 heteroatoms. The molecule has 0 saturated heterocycles. The van der Waals surface area contributed by atoms with E-state index in [1.807, 2.05) is 36.4 Å². The van der Waals surface area contributed by atoms with Crippen LogP contribution < -0.4 is 11.5 Å². The van der Waals surface area contributed by atoms with Crippen LogP contribution in [0.5, 0.6) is 0 Å². The van der Waals surface area contributed by atoms with Gasteiger partial charge in [-0.25, -0.2) is 0 Å². The molecule has 0 aliphatic heterocycles. The summed E-state index contributed by atoms with van der Waals surface area (Å²) in [4.78, 5) is 32.7. The molecule has 4 aromatic heterocycles. The van der Waals surface area contributed by atoms with Gasteiger partial charge in [0.15, 0.2) is 0 Å². The van der Waals surface area contributed by atoms with E-state index in [1.54, 1.807) is 36.7 Å². The third-order valence-electron chi connectivity index (χ3n) is 8.09. The molecule has 4 aromatic rings. The minimum atomic E-state index is -0.720. The van der Waals surface area contributed by atoms with Gasteiger partial charge >= 0.3 is 0 Å². The molecule has 2 atom stereocenters. The standard InChI is InChI=1S/C29H28N8O2/c30-27(38)25(21-5-1-3-11-32-21)23-9-7-19(34-36-23)17-13-29(14-17)15-18(16-29)20-8-10-24(37-35-20)26(28(31)39)22-6-2-4-12-33-22/h1-12,17-18,25-26H,13-16H2,(H2,30,38)(H2,31,39). The maximum absolute atomic E-state index is 12.1. The van der Waals surface area contributed by atoms with Gasteiger partial charge in [-0.1, -0.05) is 12.1 Å². The van der Waals surface area contributed by atoms with Gasteiger partial charge in [0.25, 0.3) is 0 Å². The van der Waals surface area contributed by atoms with Crippen LogP contribution in [0.4, 0.5) is 0 Å². The molecular formula is C29H28N8O2. The molecule has 2 amide bonds. The molecule has 4 heterocycles. The van der Waals surface area contributed by atoms with Gasteiger partial charge in [0.2, 0.25) is 11.8 Å². The smallest absolute Gasteiger partial charge is 0.232 e. The van der Waals surface area contributed by atoms with Crippen LogP contribution in [0.3, 0.4) is 0 Å². The van der Waals surface area contributed by atoms with E-state index in [9.17, 15) is 9.59 Å². The molecule has 39 heavy (non-hydrogen) atoms. The van der Waals surface area contributed by atoms with Crippen LogP contribution in [0.2, 0.25) is 0 Å². The highest BCUT2D eigenvalue weighted by Crippen LogP contribution is 2.66. The first-order chi connectivity index (χ1) is 18.9. The number of hydrogen-bond donors (Lipinski definition) is 2. The zero-order valence-electron chi connectivity index (χ0n) is 21.2. The predicted molar refractivity (Wildman–Crippen MR) is 141 cm³/mol. The van der Waals surface area contributed by atoms with E-state index in [0.29, 0.717) is 40.0 Å². The van der Waals surface area contributed by atoms with Crippen molar-refractivity contribution in [2.75, 3.05) is 0 Å². The fourth-order valence-electron chi connectivity index (χ4n) is 6.15. The van der Waals surface area contributed by atoms with Gasteiger partial charge in [0.1, 0.15) is 11.8 Å². The van der Waals surface area contributed by atoms with Crippen molar-refractivity contribution in [1.82, 2.24) is 30.4 Å². The first-order valence-corrected chi connectivity index (χ1v) is 13.0. The van der Waals surface area contributed by atoms with Crippen molar-refractivity contribution in [3.63, 3.8) is 0 Å². The van der Waals surface area contributed by atoms with Gasteiger partial charge in [-0.15, -0.1) is 0 Å². The number of amides is 2. The highest BCUT2D eigenvalue weighted by molar-refractivity contribution is 5.85. The number of nitrogens with two attached hydrogens (primary N) is 2. The highest BCUT2D eigenvalue weighted by Gasteiger charge is 2.54. The zero-order valence-corrected chi connectivity index (χ0v) is 21.2. The number of carbonyl (C=O) groups excluding carboxylic acids is 2. The molecular weight excluding hydrogens is 492 g/mol. The van der Waals surface area contributed by atoms with Crippen molar-refractivity contribution in [3.05, 3.63) is 107 Å². The van der Waals surface area contributed by atoms with E-state index in [2.05, 4.69) is 30.4 Å². The Bertz CT molecular complexity index is 1350. The van der Waals surface area contributed by atoms with E-state index < -0.39 is 23.7 Å². The summed E-state index contributed by atoms with van der Waals surface area (Å²) in [5.41, 5.74) is 15.6. The Kier molecular flexibility index (Phi) is 6.30. The molecule has 2 fully saturated rings. The topological polar surface area (TPSA) is 164 Å². The Balaban J connectivity index is 1.07. The van der Waals surface area contributed by atoms with Gasteiger partial charge in [-0.2, -0.15) is 20.4 Å². The number of primary amides is 2. The molecule has 1 spiro atoms. The second kappa shape index (κ2) is 9.94. The van der Waals surface area contributed by atoms with Gasteiger partial charge in [0.05, 0.1) is 34.2 Å². The lowest BCUT2D eigenvalue weighted by Gasteiger charge is -2.57.